The van der Waals surface area contributed by atoms with Gasteiger partial charge in [0.15, 0.2) is 11.5 Å². The standard InChI is InChI=1S/C18H16N2O4/c1-22-16-8-7-13(10-17(16)23-2)18(21)20-19-11-14-9-12-5-3-4-6-15(12)24-14/h3-11H,1-2H3,(H,20,21). The highest BCUT2D eigenvalue weighted by Crippen LogP contribution is 2.27. The van der Waals surface area contributed by atoms with Crippen LogP contribution in [0.2, 0.25) is 0 Å². The Morgan fingerprint density at radius 2 is 1.88 bits per heavy atom. The molecule has 0 aliphatic heterocycles. The number of carbonyl (C=O) groups is 1. The molecule has 0 saturated heterocycles. The van der Waals surface area contributed by atoms with E-state index in [-0.39, 0.29) is 5.91 Å². The third-order valence-corrected chi connectivity index (χ3v) is 3.45. The van der Waals surface area contributed by atoms with E-state index in [9.17, 15) is 4.79 Å². The Balaban J connectivity index is 1.70. The van der Waals surface area contributed by atoms with Crippen LogP contribution in [0, 0.1) is 0 Å². The van der Waals surface area contributed by atoms with Gasteiger partial charge < -0.3 is 13.9 Å². The summed E-state index contributed by atoms with van der Waals surface area (Å²) < 4.78 is 15.9. The molecule has 0 fully saturated rings. The number of furan rings is 1. The van der Waals surface area contributed by atoms with Crippen LogP contribution >= 0.6 is 0 Å². The molecular weight excluding hydrogens is 308 g/mol. The van der Waals surface area contributed by atoms with Gasteiger partial charge in [-0.05, 0) is 30.3 Å². The van der Waals surface area contributed by atoms with Gasteiger partial charge in [-0.25, -0.2) is 5.43 Å². The average molecular weight is 324 g/mol. The number of ether oxygens (including phenoxy) is 2. The third kappa shape index (κ3) is 3.22. The molecular formula is C18H16N2O4. The van der Waals surface area contributed by atoms with Crippen LogP contribution in [0.15, 0.2) is 58.0 Å². The molecule has 6 nitrogen and oxygen atoms in total. The maximum atomic E-state index is 12.1. The topological polar surface area (TPSA) is 73.1 Å². The van der Waals surface area contributed by atoms with Crippen molar-refractivity contribution in [1.29, 1.82) is 0 Å². The Kier molecular flexibility index (Phi) is 4.47. The molecule has 1 amide bonds. The highest BCUT2D eigenvalue weighted by atomic mass is 16.5. The van der Waals surface area contributed by atoms with Crippen LogP contribution in [0.3, 0.4) is 0 Å². The van der Waals surface area contributed by atoms with Crippen molar-refractivity contribution in [2.75, 3.05) is 14.2 Å². The van der Waals surface area contributed by atoms with E-state index in [1.54, 1.807) is 18.2 Å². The van der Waals surface area contributed by atoms with Gasteiger partial charge in [-0.1, -0.05) is 18.2 Å². The highest BCUT2D eigenvalue weighted by molar-refractivity contribution is 5.95. The van der Waals surface area contributed by atoms with Gasteiger partial charge in [0.1, 0.15) is 11.3 Å². The predicted octanol–water partition coefficient (Wildman–Crippen LogP) is 3.21. The molecule has 2 aromatic carbocycles. The first kappa shape index (κ1) is 15.6. The first-order valence-electron chi connectivity index (χ1n) is 7.25. The molecule has 1 aromatic heterocycles. The number of benzene rings is 2. The zero-order chi connectivity index (χ0) is 16.9. The number of amides is 1. The molecule has 122 valence electrons. The number of para-hydroxylation sites is 1. The zero-order valence-electron chi connectivity index (χ0n) is 13.3. The molecule has 0 saturated carbocycles. The van der Waals surface area contributed by atoms with Gasteiger partial charge in [-0.3, -0.25) is 4.79 Å². The Labute approximate surface area is 138 Å². The number of hydrazone groups is 1. The van der Waals surface area contributed by atoms with Crippen molar-refractivity contribution < 1.29 is 18.7 Å². The van der Waals surface area contributed by atoms with Crippen LogP contribution in [-0.4, -0.2) is 26.3 Å². The summed E-state index contributed by atoms with van der Waals surface area (Å²) in [6.45, 7) is 0. The molecule has 0 atom stereocenters. The molecule has 0 radical (unpaired) electrons. The van der Waals surface area contributed by atoms with E-state index in [2.05, 4.69) is 10.5 Å². The molecule has 1 N–H and O–H groups in total. The van der Waals surface area contributed by atoms with Crippen molar-refractivity contribution in [2.24, 2.45) is 5.10 Å². The van der Waals surface area contributed by atoms with Crippen LogP contribution < -0.4 is 14.9 Å². The largest absolute Gasteiger partial charge is 0.493 e. The monoisotopic (exact) mass is 324 g/mol. The number of nitrogens with one attached hydrogen (secondary N) is 1. The highest BCUT2D eigenvalue weighted by Gasteiger charge is 2.10. The first-order valence-corrected chi connectivity index (χ1v) is 7.25. The number of fused-ring (bicyclic) bond motifs is 1. The number of hydrogen-bond acceptors (Lipinski definition) is 5. The Morgan fingerprint density at radius 1 is 1.08 bits per heavy atom. The fraction of sp³-hybridized carbons (Fsp3) is 0.111. The van der Waals surface area contributed by atoms with Gasteiger partial charge in [-0.15, -0.1) is 0 Å². The first-order chi connectivity index (χ1) is 11.7. The van der Waals surface area contributed by atoms with Crippen LogP contribution in [0.1, 0.15) is 16.1 Å². The summed E-state index contributed by atoms with van der Waals surface area (Å²) in [6.07, 6.45) is 1.46. The van der Waals surface area contributed by atoms with Crippen molar-refractivity contribution in [1.82, 2.24) is 5.43 Å². The average Bonchev–Trinajstić information content (AvgIpc) is 3.03. The quantitative estimate of drug-likeness (QED) is 0.578. The number of nitrogens with zero attached hydrogens (tertiary/aromatic N) is 1. The van der Waals surface area contributed by atoms with E-state index in [1.165, 1.54) is 20.4 Å². The Bertz CT molecular complexity index is 866. The number of methoxy groups -OCH3 is 2. The van der Waals surface area contributed by atoms with Gasteiger partial charge in [-0.2, -0.15) is 5.10 Å². The SMILES string of the molecule is COc1ccc(C(=O)NN=Cc2cc3ccccc3o2)cc1OC. The summed E-state index contributed by atoms with van der Waals surface area (Å²) in [5.74, 6) is 1.23. The lowest BCUT2D eigenvalue weighted by Crippen LogP contribution is -2.17. The number of carbonyl (C=O) groups excluding carboxylic acids is 1. The lowest BCUT2D eigenvalue weighted by Gasteiger charge is -2.08. The predicted molar refractivity (Wildman–Crippen MR) is 90.8 cm³/mol. The maximum absolute atomic E-state index is 12.1. The van der Waals surface area contributed by atoms with Gasteiger partial charge in [0.05, 0.1) is 20.4 Å². The van der Waals surface area contributed by atoms with Gasteiger partial charge in [0.25, 0.3) is 5.91 Å². The van der Waals surface area contributed by atoms with Crippen molar-refractivity contribution in [3.63, 3.8) is 0 Å². The summed E-state index contributed by atoms with van der Waals surface area (Å²) >= 11 is 0. The van der Waals surface area contributed by atoms with Gasteiger partial charge in [0.2, 0.25) is 0 Å². The van der Waals surface area contributed by atoms with Gasteiger partial charge >= 0.3 is 0 Å². The molecule has 1 heterocycles. The van der Waals surface area contributed by atoms with E-state index in [4.69, 9.17) is 13.9 Å². The molecule has 6 heteroatoms. The summed E-state index contributed by atoms with van der Waals surface area (Å²) in [5.41, 5.74) is 3.63. The Morgan fingerprint density at radius 3 is 2.62 bits per heavy atom. The fourth-order valence-corrected chi connectivity index (χ4v) is 2.26. The lowest BCUT2D eigenvalue weighted by atomic mass is 10.2. The van der Waals surface area contributed by atoms with Crippen molar-refractivity contribution in [3.8, 4) is 11.5 Å². The molecule has 0 unspecified atom stereocenters. The van der Waals surface area contributed by atoms with Crippen molar-refractivity contribution in [2.45, 2.75) is 0 Å². The molecule has 3 rings (SSSR count). The van der Waals surface area contributed by atoms with E-state index in [0.717, 1.165) is 11.0 Å². The number of hydrogen-bond donors (Lipinski definition) is 1. The minimum Gasteiger partial charge on any atom is -0.493 e. The second kappa shape index (κ2) is 6.87. The minimum atomic E-state index is -0.358. The second-order valence-electron chi connectivity index (χ2n) is 4.96. The van der Waals surface area contributed by atoms with Crippen molar-refractivity contribution >= 4 is 23.1 Å². The summed E-state index contributed by atoms with van der Waals surface area (Å²) in [4.78, 5) is 12.1. The Hall–Kier alpha value is -3.28. The third-order valence-electron chi connectivity index (χ3n) is 3.45. The van der Waals surface area contributed by atoms with Crippen LogP contribution in [0.5, 0.6) is 11.5 Å². The smallest absolute Gasteiger partial charge is 0.271 e. The fourth-order valence-electron chi connectivity index (χ4n) is 2.26. The zero-order valence-corrected chi connectivity index (χ0v) is 13.3. The molecule has 0 aliphatic rings. The number of rotatable bonds is 5. The molecule has 3 aromatic rings. The van der Waals surface area contributed by atoms with E-state index < -0.39 is 0 Å². The summed E-state index contributed by atoms with van der Waals surface area (Å²) in [7, 11) is 3.05. The normalized spacial score (nSPS) is 10.9. The maximum Gasteiger partial charge on any atom is 0.271 e. The lowest BCUT2D eigenvalue weighted by molar-refractivity contribution is 0.0954. The molecule has 24 heavy (non-hydrogen) atoms. The van der Waals surface area contributed by atoms with E-state index in [1.807, 2.05) is 30.3 Å². The molecule has 0 spiro atoms. The van der Waals surface area contributed by atoms with Crippen LogP contribution in [-0.2, 0) is 0 Å². The van der Waals surface area contributed by atoms with Gasteiger partial charge in [0, 0.05) is 10.9 Å². The summed E-state index contributed by atoms with van der Waals surface area (Å²) in [6, 6.07) is 14.4. The minimum absolute atomic E-state index is 0.358. The van der Waals surface area contributed by atoms with Crippen LogP contribution in [0.4, 0.5) is 0 Å². The second-order valence-corrected chi connectivity index (χ2v) is 4.96. The molecule has 0 bridgehead atoms. The van der Waals surface area contributed by atoms with Crippen molar-refractivity contribution in [3.05, 3.63) is 59.9 Å². The summed E-state index contributed by atoms with van der Waals surface area (Å²) in [5, 5.41) is 4.90. The van der Waals surface area contributed by atoms with E-state index >= 15 is 0 Å². The van der Waals surface area contributed by atoms with Crippen LogP contribution in [0.25, 0.3) is 11.0 Å². The molecule has 0 aliphatic carbocycles. The van der Waals surface area contributed by atoms with E-state index in [0.29, 0.717) is 22.8 Å².